The third-order valence-electron chi connectivity index (χ3n) is 4.64. The molecule has 3 rings (SSSR count). The van der Waals surface area contributed by atoms with Crippen molar-refractivity contribution in [3.63, 3.8) is 0 Å². The van der Waals surface area contributed by atoms with Gasteiger partial charge in [0.05, 0.1) is 17.3 Å². The molecule has 0 spiro atoms. The molecule has 3 aromatic rings. The van der Waals surface area contributed by atoms with Crippen molar-refractivity contribution in [1.82, 2.24) is 19.9 Å². The van der Waals surface area contributed by atoms with Crippen molar-refractivity contribution in [3.8, 4) is 17.1 Å². The van der Waals surface area contributed by atoms with E-state index in [1.165, 1.54) is 0 Å². The number of benzene rings is 1. The molecule has 154 valence electrons. The predicted octanol–water partition coefficient (Wildman–Crippen LogP) is 2.28. The quantitative estimate of drug-likeness (QED) is 0.529. The van der Waals surface area contributed by atoms with Gasteiger partial charge >= 0.3 is 0 Å². The van der Waals surface area contributed by atoms with Crippen LogP contribution in [-0.2, 0) is 9.59 Å². The number of pyridine rings is 1. The molecule has 0 saturated heterocycles. The van der Waals surface area contributed by atoms with Gasteiger partial charge in [-0.25, -0.2) is 9.97 Å². The SMILES string of the molecule is CCCCC(NC(=O)c1cccnc1-n1cnc(-c2ccccc2)c1)C(=O)C(N)=O. The van der Waals surface area contributed by atoms with Gasteiger partial charge in [0, 0.05) is 18.0 Å². The van der Waals surface area contributed by atoms with E-state index in [0.29, 0.717) is 18.7 Å². The first-order valence-corrected chi connectivity index (χ1v) is 9.70. The number of carbonyl (C=O) groups is 3. The van der Waals surface area contributed by atoms with Gasteiger partial charge in [-0.3, -0.25) is 19.0 Å². The van der Waals surface area contributed by atoms with E-state index in [9.17, 15) is 14.4 Å². The number of rotatable bonds is 9. The van der Waals surface area contributed by atoms with Gasteiger partial charge in [-0.2, -0.15) is 0 Å². The maximum Gasteiger partial charge on any atom is 0.287 e. The summed E-state index contributed by atoms with van der Waals surface area (Å²) in [5, 5.41) is 2.63. The summed E-state index contributed by atoms with van der Waals surface area (Å²) in [5.41, 5.74) is 7.06. The molecule has 1 unspecified atom stereocenters. The van der Waals surface area contributed by atoms with Crippen molar-refractivity contribution < 1.29 is 14.4 Å². The molecule has 1 aromatic carbocycles. The van der Waals surface area contributed by atoms with E-state index in [1.54, 1.807) is 35.4 Å². The number of nitrogens with two attached hydrogens (primary N) is 1. The Balaban J connectivity index is 1.87. The third-order valence-corrected chi connectivity index (χ3v) is 4.64. The molecule has 0 radical (unpaired) electrons. The number of hydrogen-bond acceptors (Lipinski definition) is 5. The molecule has 0 aliphatic rings. The first-order chi connectivity index (χ1) is 14.5. The lowest BCUT2D eigenvalue weighted by molar-refractivity contribution is -0.137. The van der Waals surface area contributed by atoms with Gasteiger partial charge in [-0.1, -0.05) is 50.1 Å². The van der Waals surface area contributed by atoms with Gasteiger partial charge in [0.1, 0.15) is 6.33 Å². The molecule has 3 N–H and O–H groups in total. The summed E-state index contributed by atoms with van der Waals surface area (Å²) >= 11 is 0. The van der Waals surface area contributed by atoms with Gasteiger partial charge in [0.15, 0.2) is 5.82 Å². The van der Waals surface area contributed by atoms with E-state index in [4.69, 9.17) is 5.73 Å². The number of primary amides is 1. The van der Waals surface area contributed by atoms with Crippen LogP contribution in [0.25, 0.3) is 17.1 Å². The Morgan fingerprint density at radius 2 is 1.87 bits per heavy atom. The van der Waals surface area contributed by atoms with Crippen LogP contribution in [0.4, 0.5) is 0 Å². The zero-order valence-electron chi connectivity index (χ0n) is 16.6. The number of imidazole rings is 1. The van der Waals surface area contributed by atoms with Gasteiger partial charge in [0.25, 0.3) is 11.8 Å². The Morgan fingerprint density at radius 3 is 2.57 bits per heavy atom. The fourth-order valence-electron chi connectivity index (χ4n) is 3.06. The number of nitrogens with one attached hydrogen (secondary N) is 1. The van der Waals surface area contributed by atoms with Crippen LogP contribution in [0.5, 0.6) is 0 Å². The van der Waals surface area contributed by atoms with Crippen molar-refractivity contribution in [1.29, 1.82) is 0 Å². The van der Waals surface area contributed by atoms with Crippen LogP contribution >= 0.6 is 0 Å². The molecule has 0 aliphatic carbocycles. The van der Waals surface area contributed by atoms with Crippen LogP contribution in [0.15, 0.2) is 61.2 Å². The number of ketones is 1. The highest BCUT2D eigenvalue weighted by molar-refractivity contribution is 6.38. The van der Waals surface area contributed by atoms with Gasteiger partial charge in [-0.15, -0.1) is 0 Å². The lowest BCUT2D eigenvalue weighted by Crippen LogP contribution is -2.46. The average molecular weight is 405 g/mol. The summed E-state index contributed by atoms with van der Waals surface area (Å²) in [6, 6.07) is 11.9. The van der Waals surface area contributed by atoms with Gasteiger partial charge < -0.3 is 11.1 Å². The summed E-state index contributed by atoms with van der Waals surface area (Å²) in [5.74, 6) is -2.02. The second-order valence-electron chi connectivity index (χ2n) is 6.80. The summed E-state index contributed by atoms with van der Waals surface area (Å²) in [6.45, 7) is 1.95. The molecule has 8 heteroatoms. The maximum absolute atomic E-state index is 12.9. The van der Waals surface area contributed by atoms with E-state index >= 15 is 0 Å². The highest BCUT2D eigenvalue weighted by atomic mass is 16.2. The lowest BCUT2D eigenvalue weighted by atomic mass is 10.0. The monoisotopic (exact) mass is 405 g/mol. The summed E-state index contributed by atoms with van der Waals surface area (Å²) in [6.07, 6.45) is 6.74. The fourth-order valence-corrected chi connectivity index (χ4v) is 3.06. The molecule has 0 saturated carbocycles. The molecular formula is C22H23N5O3. The molecule has 2 heterocycles. The van der Waals surface area contributed by atoms with E-state index in [0.717, 1.165) is 17.7 Å². The Labute approximate surface area is 174 Å². The van der Waals surface area contributed by atoms with Crippen molar-refractivity contribution in [2.24, 2.45) is 5.73 Å². The topological polar surface area (TPSA) is 120 Å². The van der Waals surface area contributed by atoms with Crippen molar-refractivity contribution >= 4 is 17.6 Å². The number of unbranched alkanes of at least 4 members (excludes halogenated alkanes) is 1. The predicted molar refractivity (Wildman–Crippen MR) is 112 cm³/mol. The van der Waals surface area contributed by atoms with Crippen molar-refractivity contribution in [2.75, 3.05) is 0 Å². The minimum atomic E-state index is -1.06. The zero-order chi connectivity index (χ0) is 21.5. The van der Waals surface area contributed by atoms with Crippen LogP contribution in [-0.4, -0.2) is 38.2 Å². The number of hydrogen-bond donors (Lipinski definition) is 2. The minimum Gasteiger partial charge on any atom is -0.363 e. The minimum absolute atomic E-state index is 0.258. The Hall–Kier alpha value is -3.81. The molecular weight excluding hydrogens is 382 g/mol. The second-order valence-corrected chi connectivity index (χ2v) is 6.80. The molecule has 0 fully saturated rings. The van der Waals surface area contributed by atoms with E-state index in [2.05, 4.69) is 15.3 Å². The van der Waals surface area contributed by atoms with Crippen LogP contribution in [0.3, 0.4) is 0 Å². The largest absolute Gasteiger partial charge is 0.363 e. The fraction of sp³-hybridized carbons (Fsp3) is 0.227. The average Bonchev–Trinajstić information content (AvgIpc) is 3.26. The highest BCUT2D eigenvalue weighted by Crippen LogP contribution is 2.19. The summed E-state index contributed by atoms with van der Waals surface area (Å²) < 4.78 is 1.65. The Morgan fingerprint density at radius 1 is 1.10 bits per heavy atom. The molecule has 0 aliphatic heterocycles. The number of nitrogens with zero attached hydrogens (tertiary/aromatic N) is 3. The lowest BCUT2D eigenvalue weighted by Gasteiger charge is -2.17. The van der Waals surface area contributed by atoms with Crippen LogP contribution in [0, 0.1) is 0 Å². The van der Waals surface area contributed by atoms with Gasteiger partial charge in [0.2, 0.25) is 5.78 Å². The van der Waals surface area contributed by atoms with E-state index < -0.39 is 23.6 Å². The highest BCUT2D eigenvalue weighted by Gasteiger charge is 2.26. The molecule has 1 atom stereocenters. The molecule has 2 amide bonds. The Kier molecular flexibility index (Phi) is 6.69. The first kappa shape index (κ1) is 20.9. The van der Waals surface area contributed by atoms with Crippen molar-refractivity contribution in [3.05, 3.63) is 66.7 Å². The van der Waals surface area contributed by atoms with Crippen LogP contribution < -0.4 is 11.1 Å². The molecule has 30 heavy (non-hydrogen) atoms. The number of aromatic nitrogens is 3. The molecule has 8 nitrogen and oxygen atoms in total. The maximum atomic E-state index is 12.9. The summed E-state index contributed by atoms with van der Waals surface area (Å²) in [7, 11) is 0. The number of Topliss-reactive ketones (excluding diaryl/α,β-unsaturated/α-hetero) is 1. The zero-order valence-corrected chi connectivity index (χ0v) is 16.6. The van der Waals surface area contributed by atoms with E-state index in [1.807, 2.05) is 37.3 Å². The molecule has 2 aromatic heterocycles. The number of carbonyl (C=O) groups excluding carboxylic acids is 3. The number of amides is 2. The van der Waals surface area contributed by atoms with Crippen LogP contribution in [0.2, 0.25) is 0 Å². The summed E-state index contributed by atoms with van der Waals surface area (Å²) in [4.78, 5) is 45.1. The third kappa shape index (κ3) is 4.78. The van der Waals surface area contributed by atoms with Crippen LogP contribution in [0.1, 0.15) is 36.5 Å². The normalized spacial score (nSPS) is 11.6. The second kappa shape index (κ2) is 9.60. The standard InChI is InChI=1S/C22H23N5O3/c1-2-3-11-17(19(28)20(23)29)26-22(30)16-10-7-12-24-21(16)27-13-18(25-14-27)15-8-5-4-6-9-15/h4-10,12-14,17H,2-3,11H2,1H3,(H2,23,29)(H,26,30). The van der Waals surface area contributed by atoms with E-state index in [-0.39, 0.29) is 5.56 Å². The molecule has 0 bridgehead atoms. The first-order valence-electron chi connectivity index (χ1n) is 9.70. The Bertz CT molecular complexity index is 1050. The smallest absolute Gasteiger partial charge is 0.287 e. The van der Waals surface area contributed by atoms with Gasteiger partial charge in [-0.05, 0) is 18.6 Å². The van der Waals surface area contributed by atoms with Crippen molar-refractivity contribution in [2.45, 2.75) is 32.2 Å².